The van der Waals surface area contributed by atoms with Crippen LogP contribution in [0.4, 0.5) is 5.13 Å². The Morgan fingerprint density at radius 1 is 1.12 bits per heavy atom. The number of rotatable bonds is 6. The van der Waals surface area contributed by atoms with E-state index in [1.165, 1.54) is 25.9 Å². The largest absolute Gasteiger partial charge is 0.355 e. The molecule has 0 aliphatic carbocycles. The second-order valence-electron chi connectivity index (χ2n) is 7.08. The maximum Gasteiger partial charge on any atom is 0.224 e. The fraction of sp³-hybridized carbons (Fsp3) is 0.611. The van der Waals surface area contributed by atoms with Gasteiger partial charge in [0.15, 0.2) is 0 Å². The highest BCUT2D eigenvalue weighted by Gasteiger charge is 2.27. The van der Waals surface area contributed by atoms with Gasteiger partial charge in [0.25, 0.3) is 0 Å². The van der Waals surface area contributed by atoms with E-state index in [1.54, 1.807) is 11.3 Å². The molecule has 4 rings (SSSR count). The predicted molar refractivity (Wildman–Crippen MR) is 103 cm³/mol. The molecule has 1 amide bonds. The first-order valence-corrected chi connectivity index (χ1v) is 10.3. The van der Waals surface area contributed by atoms with Crippen molar-refractivity contribution in [1.82, 2.24) is 25.0 Å². The summed E-state index contributed by atoms with van der Waals surface area (Å²) in [5.41, 5.74) is 0. The third-order valence-corrected chi connectivity index (χ3v) is 6.22. The van der Waals surface area contributed by atoms with Crippen molar-refractivity contribution in [2.45, 2.75) is 25.7 Å². The Morgan fingerprint density at radius 2 is 1.88 bits per heavy atom. The van der Waals surface area contributed by atoms with Gasteiger partial charge in [-0.1, -0.05) is 11.3 Å². The number of hydrogen-bond acceptors (Lipinski definition) is 6. The number of carbonyl (C=O) groups excluding carboxylic acids is 1. The molecule has 4 heterocycles. The van der Waals surface area contributed by atoms with E-state index in [0.717, 1.165) is 49.3 Å². The number of anilines is 1. The second kappa shape index (κ2) is 8.18. The summed E-state index contributed by atoms with van der Waals surface area (Å²) in [4.78, 5) is 17.2. The molecule has 0 bridgehead atoms. The first-order chi connectivity index (χ1) is 12.8. The molecule has 0 saturated carbocycles. The van der Waals surface area contributed by atoms with Gasteiger partial charge in [-0.3, -0.25) is 9.36 Å². The van der Waals surface area contributed by atoms with E-state index >= 15 is 0 Å². The van der Waals surface area contributed by atoms with Crippen LogP contribution >= 0.6 is 11.3 Å². The van der Waals surface area contributed by atoms with Crippen LogP contribution in [-0.2, 0) is 4.79 Å². The van der Waals surface area contributed by atoms with Crippen molar-refractivity contribution in [1.29, 1.82) is 0 Å². The molecule has 0 aromatic carbocycles. The van der Waals surface area contributed by atoms with Gasteiger partial charge < -0.3 is 15.1 Å². The Balaban J connectivity index is 1.30. The van der Waals surface area contributed by atoms with Crippen LogP contribution in [0.5, 0.6) is 0 Å². The first-order valence-electron chi connectivity index (χ1n) is 9.51. The van der Waals surface area contributed by atoms with Gasteiger partial charge in [-0.05, 0) is 50.9 Å². The molecule has 0 radical (unpaired) electrons. The Hall–Kier alpha value is -1.93. The maximum atomic E-state index is 12.5. The molecule has 2 aliphatic heterocycles. The van der Waals surface area contributed by atoms with Crippen LogP contribution in [-0.4, -0.2) is 64.8 Å². The number of carbonyl (C=O) groups is 1. The number of piperidine rings is 1. The van der Waals surface area contributed by atoms with Gasteiger partial charge in [-0.15, -0.1) is 10.2 Å². The highest BCUT2D eigenvalue weighted by Crippen LogP contribution is 2.27. The second-order valence-corrected chi connectivity index (χ2v) is 8.02. The molecule has 8 heteroatoms. The van der Waals surface area contributed by atoms with E-state index in [1.807, 2.05) is 29.1 Å². The highest BCUT2D eigenvalue weighted by molar-refractivity contribution is 7.17. The maximum absolute atomic E-state index is 12.5. The zero-order chi connectivity index (χ0) is 17.8. The minimum Gasteiger partial charge on any atom is -0.355 e. The van der Waals surface area contributed by atoms with E-state index in [9.17, 15) is 4.79 Å². The molecule has 2 aromatic heterocycles. The summed E-state index contributed by atoms with van der Waals surface area (Å²) < 4.78 is 1.97. The van der Waals surface area contributed by atoms with Crippen LogP contribution in [0.1, 0.15) is 25.7 Å². The molecular weight excluding hydrogens is 348 g/mol. The Bertz CT molecular complexity index is 709. The topological polar surface area (TPSA) is 66.3 Å². The van der Waals surface area contributed by atoms with Gasteiger partial charge in [-0.25, -0.2) is 0 Å². The molecular formula is C18H26N6OS. The van der Waals surface area contributed by atoms with Crippen LogP contribution in [0, 0.1) is 5.92 Å². The van der Waals surface area contributed by atoms with Gasteiger partial charge >= 0.3 is 0 Å². The number of nitrogens with zero attached hydrogens (tertiary/aromatic N) is 5. The highest BCUT2D eigenvalue weighted by atomic mass is 32.1. The molecule has 1 N–H and O–H groups in total. The third-order valence-electron chi connectivity index (χ3n) is 5.22. The molecule has 2 fully saturated rings. The van der Waals surface area contributed by atoms with Crippen LogP contribution in [0.25, 0.3) is 5.13 Å². The fourth-order valence-electron chi connectivity index (χ4n) is 3.75. The minimum absolute atomic E-state index is 0.0428. The summed E-state index contributed by atoms with van der Waals surface area (Å²) in [5.74, 6) is 0.227. The lowest BCUT2D eigenvalue weighted by Gasteiger charge is -2.31. The van der Waals surface area contributed by atoms with Crippen molar-refractivity contribution >= 4 is 22.4 Å². The lowest BCUT2D eigenvalue weighted by molar-refractivity contribution is -0.125. The van der Waals surface area contributed by atoms with Crippen LogP contribution < -0.4 is 10.2 Å². The Labute approximate surface area is 158 Å². The van der Waals surface area contributed by atoms with Crippen molar-refractivity contribution in [2.75, 3.05) is 44.2 Å². The fourth-order valence-corrected chi connectivity index (χ4v) is 4.60. The molecule has 2 aromatic rings. The van der Waals surface area contributed by atoms with Crippen molar-refractivity contribution < 1.29 is 4.79 Å². The first kappa shape index (κ1) is 17.5. The normalized spacial score (nSPS) is 21.2. The van der Waals surface area contributed by atoms with Crippen LogP contribution in [0.2, 0.25) is 0 Å². The smallest absolute Gasteiger partial charge is 0.224 e. The van der Waals surface area contributed by atoms with Gasteiger partial charge in [0.2, 0.25) is 16.2 Å². The lowest BCUT2D eigenvalue weighted by atomic mass is 9.97. The standard InChI is InChI=1S/C18H26N6OS/c25-16(19-7-13-22-8-1-2-9-22)15-6-5-12-24(14-15)18-21-20-17(26-18)23-10-3-4-11-23/h3-4,10-11,15H,1-2,5-9,12-14H2,(H,19,25)/t15-/m0/s1. The quantitative estimate of drug-likeness (QED) is 0.835. The molecule has 0 unspecified atom stereocenters. The number of amides is 1. The predicted octanol–water partition coefficient (Wildman–Crippen LogP) is 1.76. The summed E-state index contributed by atoms with van der Waals surface area (Å²) in [7, 11) is 0. The number of nitrogens with one attached hydrogen (secondary N) is 1. The monoisotopic (exact) mass is 374 g/mol. The average Bonchev–Trinajstić information content (AvgIpc) is 3.42. The summed E-state index contributed by atoms with van der Waals surface area (Å²) in [5, 5.41) is 13.5. The lowest BCUT2D eigenvalue weighted by Crippen LogP contribution is -2.44. The molecule has 2 aliphatic rings. The summed E-state index contributed by atoms with van der Waals surface area (Å²) in [6, 6.07) is 3.95. The third kappa shape index (κ3) is 4.07. The van der Waals surface area contributed by atoms with Crippen LogP contribution in [0.3, 0.4) is 0 Å². The number of aromatic nitrogens is 3. The molecule has 7 nitrogen and oxygen atoms in total. The average molecular weight is 375 g/mol. The summed E-state index contributed by atoms with van der Waals surface area (Å²) in [6.45, 7) is 5.75. The molecule has 26 heavy (non-hydrogen) atoms. The van der Waals surface area contributed by atoms with E-state index in [0.29, 0.717) is 0 Å². The van der Waals surface area contributed by atoms with Crippen LogP contribution in [0.15, 0.2) is 24.5 Å². The molecule has 1 atom stereocenters. The Kier molecular flexibility index (Phi) is 5.50. The number of likely N-dealkylation sites (tertiary alicyclic amines) is 1. The van der Waals surface area contributed by atoms with E-state index in [-0.39, 0.29) is 11.8 Å². The summed E-state index contributed by atoms with van der Waals surface area (Å²) >= 11 is 1.57. The molecule has 140 valence electrons. The van der Waals surface area contributed by atoms with Gasteiger partial charge in [0, 0.05) is 38.6 Å². The zero-order valence-electron chi connectivity index (χ0n) is 15.0. The summed E-state index contributed by atoms with van der Waals surface area (Å²) in [6.07, 6.45) is 8.49. The van der Waals surface area contributed by atoms with Crippen molar-refractivity contribution in [3.05, 3.63) is 24.5 Å². The van der Waals surface area contributed by atoms with Crippen molar-refractivity contribution in [3.63, 3.8) is 0 Å². The Morgan fingerprint density at radius 3 is 2.69 bits per heavy atom. The van der Waals surface area contributed by atoms with E-state index < -0.39 is 0 Å². The molecule has 0 spiro atoms. The van der Waals surface area contributed by atoms with E-state index in [2.05, 4.69) is 25.3 Å². The van der Waals surface area contributed by atoms with Crippen molar-refractivity contribution in [3.8, 4) is 5.13 Å². The SMILES string of the molecule is O=C(NCCN1CCCC1)[C@H]1CCCN(c2nnc(-n3cccc3)s2)C1. The van der Waals surface area contributed by atoms with Crippen molar-refractivity contribution in [2.24, 2.45) is 5.92 Å². The zero-order valence-corrected chi connectivity index (χ0v) is 15.8. The van der Waals surface area contributed by atoms with Gasteiger partial charge in [0.05, 0.1) is 5.92 Å². The minimum atomic E-state index is 0.0428. The number of hydrogen-bond donors (Lipinski definition) is 1. The van der Waals surface area contributed by atoms with Gasteiger partial charge in [-0.2, -0.15) is 0 Å². The van der Waals surface area contributed by atoms with Gasteiger partial charge in [0.1, 0.15) is 0 Å². The molecule has 2 saturated heterocycles. The van der Waals surface area contributed by atoms with E-state index in [4.69, 9.17) is 0 Å².